The Bertz CT molecular complexity index is 783. The van der Waals surface area contributed by atoms with Crippen LogP contribution >= 0.6 is 24.0 Å². The van der Waals surface area contributed by atoms with Crippen molar-refractivity contribution in [1.29, 1.82) is 0 Å². The van der Waals surface area contributed by atoms with Gasteiger partial charge < -0.3 is 29.4 Å². The summed E-state index contributed by atoms with van der Waals surface area (Å²) < 4.78 is 19.2. The van der Waals surface area contributed by atoms with Gasteiger partial charge in [-0.05, 0) is 24.5 Å². The van der Waals surface area contributed by atoms with Crippen LogP contribution in [0.2, 0.25) is 0 Å². The number of aromatic nitrogens is 2. The van der Waals surface area contributed by atoms with Crippen molar-refractivity contribution in [3.8, 4) is 11.5 Å². The molecule has 172 valence electrons. The second-order valence-corrected chi connectivity index (χ2v) is 7.62. The molecule has 3 rings (SSSR count). The Kier molecular flexibility index (Phi) is 11.5. The van der Waals surface area contributed by atoms with Gasteiger partial charge in [-0.15, -0.1) is 24.0 Å². The summed E-state index contributed by atoms with van der Waals surface area (Å²) in [4.78, 5) is 8.78. The van der Waals surface area contributed by atoms with Gasteiger partial charge in [-0.1, -0.05) is 13.8 Å². The van der Waals surface area contributed by atoms with Crippen LogP contribution in [0.15, 0.2) is 41.9 Å². The van der Waals surface area contributed by atoms with Gasteiger partial charge in [0.1, 0.15) is 0 Å². The van der Waals surface area contributed by atoms with Gasteiger partial charge in [0.05, 0.1) is 19.5 Å². The van der Waals surface area contributed by atoms with Crippen LogP contribution in [-0.4, -0.2) is 55.0 Å². The predicted octanol–water partition coefficient (Wildman–Crippen LogP) is 3.78. The summed E-state index contributed by atoms with van der Waals surface area (Å²) in [5.74, 6) is 2.83. The van der Waals surface area contributed by atoms with Gasteiger partial charge >= 0.3 is 0 Å². The summed E-state index contributed by atoms with van der Waals surface area (Å²) in [7, 11) is 0. The number of nitrogens with zero attached hydrogens (tertiary/aromatic N) is 3. The molecular weight excluding hydrogens is 509 g/mol. The van der Waals surface area contributed by atoms with E-state index in [4.69, 9.17) is 19.2 Å². The number of hydrogen-bond acceptors (Lipinski definition) is 5. The minimum atomic E-state index is 0. The summed E-state index contributed by atoms with van der Waals surface area (Å²) in [6.45, 7) is 9.37. The Labute approximate surface area is 201 Å². The number of nitrogens with one attached hydrogen (secondary N) is 2. The second-order valence-electron chi connectivity index (χ2n) is 7.62. The molecule has 1 aliphatic heterocycles. The number of guanidine groups is 1. The second kappa shape index (κ2) is 14.1. The summed E-state index contributed by atoms with van der Waals surface area (Å²) in [5.41, 5.74) is 0.907. The lowest BCUT2D eigenvalue weighted by Crippen LogP contribution is -2.33. The number of rotatable bonds is 10. The lowest BCUT2D eigenvalue weighted by Gasteiger charge is -2.15. The van der Waals surface area contributed by atoms with E-state index in [1.54, 1.807) is 6.20 Å². The number of hydrogen-bond donors (Lipinski definition) is 2. The van der Waals surface area contributed by atoms with E-state index in [1.165, 1.54) is 0 Å². The SMILES string of the molecule is CC(C)COCCCN=C(NCCn1ccnc1)Nc1ccc2c(c1)OCCCO2.I. The number of ether oxygens (including phenoxy) is 3. The molecule has 0 radical (unpaired) electrons. The number of aliphatic imine (C=N–C) groups is 1. The average molecular weight is 543 g/mol. The first-order chi connectivity index (χ1) is 14.7. The number of fused-ring (bicyclic) bond motifs is 1. The number of benzene rings is 1. The Morgan fingerprint density at radius 1 is 1.26 bits per heavy atom. The van der Waals surface area contributed by atoms with Crippen molar-refractivity contribution in [2.45, 2.75) is 33.2 Å². The van der Waals surface area contributed by atoms with Gasteiger partial charge in [-0.2, -0.15) is 0 Å². The van der Waals surface area contributed by atoms with E-state index in [9.17, 15) is 0 Å². The third-order valence-corrected chi connectivity index (χ3v) is 4.40. The highest BCUT2D eigenvalue weighted by atomic mass is 127. The highest BCUT2D eigenvalue weighted by Crippen LogP contribution is 2.32. The van der Waals surface area contributed by atoms with Crippen LogP contribution in [0.25, 0.3) is 0 Å². The fraction of sp³-hybridized carbons (Fsp3) is 0.545. The standard InChI is InChI=1S/C22H33N5O3.HI/c1-18(2)16-28-12-3-7-24-22(25-9-11-27-10-8-23-17-27)26-19-5-6-20-21(15-19)30-14-4-13-29-20;/h5-6,8,10,15,17-18H,3-4,7,9,11-14,16H2,1-2H3,(H2,24,25,26);1H. The minimum absolute atomic E-state index is 0. The number of anilines is 1. The van der Waals surface area contributed by atoms with Crippen molar-refractivity contribution in [3.63, 3.8) is 0 Å². The summed E-state index contributed by atoms with van der Waals surface area (Å²) >= 11 is 0. The monoisotopic (exact) mass is 543 g/mol. The molecule has 0 fully saturated rings. The van der Waals surface area contributed by atoms with Gasteiger partial charge in [0.2, 0.25) is 0 Å². The van der Waals surface area contributed by atoms with E-state index in [0.29, 0.717) is 32.3 Å². The molecule has 1 aromatic heterocycles. The van der Waals surface area contributed by atoms with Gasteiger partial charge in [-0.25, -0.2) is 4.98 Å². The minimum Gasteiger partial charge on any atom is -0.490 e. The van der Waals surface area contributed by atoms with E-state index in [-0.39, 0.29) is 24.0 Å². The zero-order valence-corrected chi connectivity index (χ0v) is 20.7. The van der Waals surface area contributed by atoms with Gasteiger partial charge in [0.15, 0.2) is 17.5 Å². The van der Waals surface area contributed by atoms with E-state index in [0.717, 1.165) is 55.7 Å². The zero-order valence-electron chi connectivity index (χ0n) is 18.4. The molecule has 31 heavy (non-hydrogen) atoms. The van der Waals surface area contributed by atoms with Crippen LogP contribution in [0.5, 0.6) is 11.5 Å². The topological polar surface area (TPSA) is 81.9 Å². The Morgan fingerprint density at radius 3 is 2.87 bits per heavy atom. The molecule has 0 spiro atoms. The summed E-state index contributed by atoms with van der Waals surface area (Å²) in [6.07, 6.45) is 7.30. The molecular formula is C22H34IN5O3. The maximum Gasteiger partial charge on any atom is 0.195 e. The molecule has 0 unspecified atom stereocenters. The molecule has 2 heterocycles. The fourth-order valence-corrected chi connectivity index (χ4v) is 2.92. The molecule has 9 heteroatoms. The smallest absolute Gasteiger partial charge is 0.195 e. The molecule has 0 atom stereocenters. The maximum absolute atomic E-state index is 5.79. The third-order valence-electron chi connectivity index (χ3n) is 4.40. The van der Waals surface area contributed by atoms with Crippen LogP contribution < -0.4 is 20.1 Å². The van der Waals surface area contributed by atoms with Gasteiger partial charge in [0, 0.05) is 63.4 Å². The first-order valence-electron chi connectivity index (χ1n) is 10.7. The summed E-state index contributed by atoms with van der Waals surface area (Å²) in [5, 5.41) is 6.76. The molecule has 0 saturated heterocycles. The van der Waals surface area contributed by atoms with E-state index in [2.05, 4.69) is 29.5 Å². The quantitative estimate of drug-likeness (QED) is 0.206. The van der Waals surface area contributed by atoms with Crippen molar-refractivity contribution < 1.29 is 14.2 Å². The van der Waals surface area contributed by atoms with Crippen LogP contribution in [-0.2, 0) is 11.3 Å². The first-order valence-corrected chi connectivity index (χ1v) is 10.7. The molecule has 0 saturated carbocycles. The summed E-state index contributed by atoms with van der Waals surface area (Å²) in [6, 6.07) is 5.87. The molecule has 0 amide bonds. The van der Waals surface area contributed by atoms with Crippen molar-refractivity contribution in [3.05, 3.63) is 36.9 Å². The van der Waals surface area contributed by atoms with E-state index >= 15 is 0 Å². The highest BCUT2D eigenvalue weighted by Gasteiger charge is 2.11. The van der Waals surface area contributed by atoms with Gasteiger partial charge in [0.25, 0.3) is 0 Å². The maximum atomic E-state index is 5.79. The van der Waals surface area contributed by atoms with E-state index < -0.39 is 0 Å². The molecule has 1 aromatic carbocycles. The fourth-order valence-electron chi connectivity index (χ4n) is 2.92. The Morgan fingerprint density at radius 2 is 2.10 bits per heavy atom. The molecule has 2 N–H and O–H groups in total. The lowest BCUT2D eigenvalue weighted by atomic mass is 10.2. The molecule has 1 aliphatic rings. The van der Waals surface area contributed by atoms with Crippen molar-refractivity contribution in [2.24, 2.45) is 10.9 Å². The first kappa shape index (κ1) is 25.3. The van der Waals surface area contributed by atoms with Crippen molar-refractivity contribution in [1.82, 2.24) is 14.9 Å². The highest BCUT2D eigenvalue weighted by molar-refractivity contribution is 14.0. The zero-order chi connectivity index (χ0) is 21.0. The molecule has 0 bridgehead atoms. The van der Waals surface area contributed by atoms with E-state index in [1.807, 2.05) is 35.3 Å². The number of halogens is 1. The average Bonchev–Trinajstić information content (AvgIpc) is 3.14. The largest absolute Gasteiger partial charge is 0.490 e. The number of imidazole rings is 1. The molecule has 2 aromatic rings. The predicted molar refractivity (Wildman–Crippen MR) is 134 cm³/mol. The van der Waals surface area contributed by atoms with Crippen LogP contribution in [0.1, 0.15) is 26.7 Å². The molecule has 0 aliphatic carbocycles. The van der Waals surface area contributed by atoms with Gasteiger partial charge in [-0.3, -0.25) is 4.99 Å². The van der Waals surface area contributed by atoms with Crippen molar-refractivity contribution >= 4 is 35.6 Å². The third kappa shape index (κ3) is 9.34. The Balaban J connectivity index is 0.00000341. The lowest BCUT2D eigenvalue weighted by molar-refractivity contribution is 0.109. The van der Waals surface area contributed by atoms with Crippen LogP contribution in [0.3, 0.4) is 0 Å². The Hall–Kier alpha value is -2.01. The van der Waals surface area contributed by atoms with Crippen LogP contribution in [0.4, 0.5) is 5.69 Å². The normalized spacial score (nSPS) is 13.5. The molecule has 8 nitrogen and oxygen atoms in total. The van der Waals surface area contributed by atoms with Crippen LogP contribution in [0, 0.1) is 5.92 Å². The van der Waals surface area contributed by atoms with Crippen molar-refractivity contribution in [2.75, 3.05) is 44.8 Å².